The third-order valence-corrected chi connectivity index (χ3v) is 10.8. The molecule has 0 atom stereocenters. The first-order valence-electron chi connectivity index (χ1n) is 15.6. The summed E-state index contributed by atoms with van der Waals surface area (Å²) in [6.45, 7) is 18.2. The summed E-state index contributed by atoms with van der Waals surface area (Å²) in [5, 5.41) is 1.34. The lowest BCUT2D eigenvalue weighted by Gasteiger charge is -2.44. The first-order valence-corrected chi connectivity index (χ1v) is 16.5. The molecule has 0 unspecified atom stereocenters. The van der Waals surface area contributed by atoms with Gasteiger partial charge in [-0.1, -0.05) is 65.7 Å². The van der Waals surface area contributed by atoms with E-state index in [1.807, 2.05) is 11.3 Å². The van der Waals surface area contributed by atoms with Crippen LogP contribution in [0.2, 0.25) is 0 Å². The summed E-state index contributed by atoms with van der Waals surface area (Å²) < 4.78 is 2.78. The van der Waals surface area contributed by atoms with Crippen molar-refractivity contribution in [2.45, 2.75) is 55.4 Å². The Balaban J connectivity index is 1.55. The number of hydrogen-bond acceptors (Lipinski definition) is 3. The van der Waals surface area contributed by atoms with Crippen molar-refractivity contribution in [1.82, 2.24) is 0 Å². The quantitative estimate of drug-likeness (QED) is 0.186. The third-order valence-electron chi connectivity index (χ3n) is 9.59. The maximum Gasteiger partial charge on any atom is 0.264 e. The van der Waals surface area contributed by atoms with E-state index >= 15 is 0 Å². The van der Waals surface area contributed by atoms with Gasteiger partial charge in [0.25, 0.3) is 6.71 Å². The average Bonchev–Trinajstić information content (AvgIpc) is 3.33. The predicted molar refractivity (Wildman–Crippen MR) is 194 cm³/mol. The second-order valence-electron chi connectivity index (χ2n) is 13.2. The summed E-state index contributed by atoms with van der Waals surface area (Å²) >= 11 is 1.97. The number of rotatable bonds is 2. The van der Waals surface area contributed by atoms with Crippen LogP contribution in [0.5, 0.6) is 0 Å². The normalized spacial score (nSPS) is 13.3. The Morgan fingerprint density at radius 2 is 1.02 bits per heavy atom. The minimum atomic E-state index is 0.160. The lowest BCUT2D eigenvalue weighted by molar-refractivity contribution is 1.18. The fourth-order valence-corrected chi connectivity index (χ4v) is 9.51. The molecule has 0 saturated heterocycles. The topological polar surface area (TPSA) is 6.48 Å². The molecule has 0 saturated carbocycles. The van der Waals surface area contributed by atoms with Crippen LogP contribution in [0.4, 0.5) is 34.1 Å². The van der Waals surface area contributed by atoms with Gasteiger partial charge in [0.05, 0.1) is 17.1 Å². The molecule has 5 aromatic carbocycles. The number of fused-ring (bicyclic) bond motifs is 6. The monoisotopic (exact) mass is 588 g/mol. The second-order valence-corrected chi connectivity index (χ2v) is 14.3. The largest absolute Gasteiger partial charge is 0.311 e. The molecule has 0 N–H and O–H groups in total. The van der Waals surface area contributed by atoms with Gasteiger partial charge < -0.3 is 9.80 Å². The Morgan fingerprint density at radius 1 is 0.500 bits per heavy atom. The number of anilines is 6. The van der Waals surface area contributed by atoms with E-state index in [1.54, 1.807) is 0 Å². The first-order chi connectivity index (χ1) is 21.1. The van der Waals surface area contributed by atoms with Gasteiger partial charge in [-0.25, -0.2) is 0 Å². The van der Waals surface area contributed by atoms with E-state index in [2.05, 4.69) is 144 Å². The summed E-state index contributed by atoms with van der Waals surface area (Å²) in [6, 6.07) is 30.3. The van der Waals surface area contributed by atoms with E-state index in [0.29, 0.717) is 0 Å². The number of benzene rings is 5. The summed E-state index contributed by atoms with van der Waals surface area (Å²) in [4.78, 5) is 5.20. The zero-order valence-corrected chi connectivity index (χ0v) is 27.7. The molecule has 4 heteroatoms. The fourth-order valence-electron chi connectivity index (χ4n) is 8.20. The third kappa shape index (κ3) is 3.80. The highest BCUT2D eigenvalue weighted by atomic mass is 32.1. The number of thiophene rings is 1. The maximum absolute atomic E-state index is 2.62. The Kier molecular flexibility index (Phi) is 5.96. The summed E-state index contributed by atoms with van der Waals surface area (Å²) in [6.07, 6.45) is 0. The van der Waals surface area contributed by atoms with Gasteiger partial charge in [0.1, 0.15) is 0 Å². The molecule has 6 aromatic rings. The van der Waals surface area contributed by atoms with Crippen molar-refractivity contribution in [2.75, 3.05) is 9.80 Å². The average molecular weight is 589 g/mol. The van der Waals surface area contributed by atoms with E-state index in [4.69, 9.17) is 0 Å². The van der Waals surface area contributed by atoms with E-state index in [9.17, 15) is 0 Å². The number of hydrogen-bond donors (Lipinski definition) is 0. The molecule has 2 nitrogen and oxygen atoms in total. The minimum Gasteiger partial charge on any atom is -0.311 e. The molecule has 8 rings (SSSR count). The minimum absolute atomic E-state index is 0.160. The molecule has 0 spiro atoms. The predicted octanol–water partition coefficient (Wildman–Crippen LogP) is 9.45. The SMILES string of the molecule is Cc1cc(C)c(N2c3cc(C)ccc3B3c4sc5ccccc5c4N(c4c(C)cc(C)cc4C)c4cc(C)cc2c43)c(C)c1. The van der Waals surface area contributed by atoms with Crippen molar-refractivity contribution in [1.29, 1.82) is 0 Å². The van der Waals surface area contributed by atoms with Gasteiger partial charge in [0, 0.05) is 31.9 Å². The van der Waals surface area contributed by atoms with Crippen molar-refractivity contribution in [3.05, 3.63) is 123 Å². The van der Waals surface area contributed by atoms with Crippen molar-refractivity contribution in [3.63, 3.8) is 0 Å². The molecule has 216 valence electrons. The molecule has 0 aliphatic carbocycles. The van der Waals surface area contributed by atoms with Crippen LogP contribution in [0.3, 0.4) is 0 Å². The molecule has 3 heterocycles. The standard InChI is InChI=1S/C40H37BN2S/c1-22-13-14-31-32(19-22)42(37-26(5)15-23(2)16-27(37)6)33-20-25(4)21-34-36(33)41(31)40-39(30-11-9-10-12-35(30)44-40)43(34)38-28(7)17-24(3)18-29(38)8/h9-21H,1-8H3. The molecule has 44 heavy (non-hydrogen) atoms. The van der Waals surface area contributed by atoms with Gasteiger partial charge in [-0.05, 0) is 124 Å². The van der Waals surface area contributed by atoms with E-state index < -0.39 is 0 Å². The fraction of sp³-hybridized carbons (Fsp3) is 0.200. The van der Waals surface area contributed by atoms with Crippen molar-refractivity contribution in [3.8, 4) is 0 Å². The molecular weight excluding hydrogens is 551 g/mol. The second kappa shape index (κ2) is 9.61. The Labute approximate surface area is 265 Å². The van der Waals surface area contributed by atoms with Crippen molar-refractivity contribution in [2.24, 2.45) is 0 Å². The Hall–Kier alpha value is -4.28. The number of aryl methyl sites for hydroxylation is 8. The van der Waals surface area contributed by atoms with Crippen LogP contribution < -0.4 is 25.5 Å². The lowest BCUT2D eigenvalue weighted by atomic mass is 9.36. The zero-order valence-electron chi connectivity index (χ0n) is 26.9. The van der Waals surface area contributed by atoms with Crippen LogP contribution in [-0.2, 0) is 0 Å². The highest BCUT2D eigenvalue weighted by molar-refractivity contribution is 7.33. The molecule has 0 radical (unpaired) electrons. The highest BCUT2D eigenvalue weighted by Crippen LogP contribution is 2.50. The van der Waals surface area contributed by atoms with Crippen LogP contribution in [-0.4, -0.2) is 6.71 Å². The Morgan fingerprint density at radius 3 is 1.66 bits per heavy atom. The van der Waals surface area contributed by atoms with Crippen LogP contribution in [0.25, 0.3) is 10.1 Å². The van der Waals surface area contributed by atoms with E-state index in [1.165, 1.54) is 104 Å². The number of nitrogens with zero attached hydrogens (tertiary/aromatic N) is 2. The van der Waals surface area contributed by atoms with Gasteiger partial charge >= 0.3 is 0 Å². The molecule has 1 aromatic heterocycles. The molecular formula is C40H37BN2S. The van der Waals surface area contributed by atoms with Gasteiger partial charge in [0.15, 0.2) is 0 Å². The van der Waals surface area contributed by atoms with E-state index in [0.717, 1.165) is 0 Å². The highest BCUT2D eigenvalue weighted by Gasteiger charge is 2.46. The summed E-state index contributed by atoms with van der Waals surface area (Å²) in [7, 11) is 0. The van der Waals surface area contributed by atoms with Crippen molar-refractivity contribution < 1.29 is 0 Å². The Bertz CT molecular complexity index is 2140. The van der Waals surface area contributed by atoms with Crippen LogP contribution >= 0.6 is 11.3 Å². The van der Waals surface area contributed by atoms with Crippen LogP contribution in [0.15, 0.2) is 78.9 Å². The van der Waals surface area contributed by atoms with Gasteiger partial charge in [0.2, 0.25) is 0 Å². The lowest BCUT2D eigenvalue weighted by Crippen LogP contribution is -2.60. The van der Waals surface area contributed by atoms with Crippen molar-refractivity contribution >= 4 is 78.0 Å². The smallest absolute Gasteiger partial charge is 0.264 e. The van der Waals surface area contributed by atoms with Gasteiger partial charge in [-0.15, -0.1) is 11.3 Å². The molecule has 2 aliphatic heterocycles. The summed E-state index contributed by atoms with van der Waals surface area (Å²) in [5.74, 6) is 0. The molecule has 0 bridgehead atoms. The first kappa shape index (κ1) is 27.3. The van der Waals surface area contributed by atoms with E-state index in [-0.39, 0.29) is 6.71 Å². The molecule has 2 aliphatic rings. The van der Waals surface area contributed by atoms with Gasteiger partial charge in [-0.3, -0.25) is 0 Å². The summed E-state index contributed by atoms with van der Waals surface area (Å²) in [5.41, 5.74) is 21.0. The van der Waals surface area contributed by atoms with Crippen LogP contribution in [0, 0.1) is 55.4 Å². The molecule has 0 fully saturated rings. The van der Waals surface area contributed by atoms with Crippen LogP contribution in [0.1, 0.15) is 44.5 Å². The zero-order chi connectivity index (χ0) is 30.6. The van der Waals surface area contributed by atoms with Gasteiger partial charge in [-0.2, -0.15) is 0 Å². The maximum atomic E-state index is 2.62. The molecule has 0 amide bonds.